The summed E-state index contributed by atoms with van der Waals surface area (Å²) in [6.07, 6.45) is 3.53. The molecule has 2 aromatic heterocycles. The molecule has 0 unspecified atom stereocenters. The van der Waals surface area contributed by atoms with Crippen molar-refractivity contribution in [1.29, 1.82) is 0 Å². The number of nitro benzene ring substituents is 1. The third-order valence-corrected chi connectivity index (χ3v) is 5.45. The first kappa shape index (κ1) is 21.0. The summed E-state index contributed by atoms with van der Waals surface area (Å²) in [5.74, 6) is 0.617. The summed E-state index contributed by atoms with van der Waals surface area (Å²) in [5, 5.41) is 11.2. The average Bonchev–Trinajstić information content (AvgIpc) is 3.29. The van der Waals surface area contributed by atoms with Crippen LogP contribution in [0.2, 0.25) is 0 Å². The van der Waals surface area contributed by atoms with Gasteiger partial charge in [0.05, 0.1) is 16.3 Å². The van der Waals surface area contributed by atoms with Crippen molar-refractivity contribution in [3.8, 4) is 28.2 Å². The fraction of sp³-hybridized carbons (Fsp3) is 0. The monoisotopic (exact) mass is 444 g/mol. The third-order valence-electron chi connectivity index (χ3n) is 5.45. The van der Waals surface area contributed by atoms with Crippen molar-refractivity contribution in [2.24, 2.45) is 4.99 Å². The number of non-ortho nitro benzene ring substituents is 1. The summed E-state index contributed by atoms with van der Waals surface area (Å²) in [5.41, 5.74) is 5.70. The van der Waals surface area contributed by atoms with Gasteiger partial charge in [-0.2, -0.15) is 0 Å². The van der Waals surface area contributed by atoms with E-state index in [-0.39, 0.29) is 10.6 Å². The maximum Gasteiger partial charge on any atom is 0.269 e. The standard InChI is InChI=1S/C28H20N4O2/c33-32(34)25-16-14-24(15-17-25)31-26(21-9-3-1-4-10-21)19-23(20-30-27-13-7-8-18-29-27)28(31)22-11-5-2-6-12-22/h1-20H. The van der Waals surface area contributed by atoms with Gasteiger partial charge in [0.2, 0.25) is 0 Å². The molecule has 0 N–H and O–H groups in total. The number of aliphatic imine (C=N–C) groups is 1. The number of aromatic nitrogens is 2. The van der Waals surface area contributed by atoms with Crippen molar-refractivity contribution in [3.05, 3.63) is 131 Å². The number of hydrogen-bond acceptors (Lipinski definition) is 4. The van der Waals surface area contributed by atoms with E-state index in [1.54, 1.807) is 18.3 Å². The zero-order valence-corrected chi connectivity index (χ0v) is 18.2. The molecule has 2 heterocycles. The molecule has 34 heavy (non-hydrogen) atoms. The molecule has 0 radical (unpaired) electrons. The van der Waals surface area contributed by atoms with Crippen LogP contribution < -0.4 is 0 Å². The number of nitro groups is 1. The maximum atomic E-state index is 11.2. The van der Waals surface area contributed by atoms with Gasteiger partial charge < -0.3 is 4.57 Å². The Morgan fingerprint density at radius 1 is 0.794 bits per heavy atom. The number of hydrogen-bond donors (Lipinski definition) is 0. The first-order valence-corrected chi connectivity index (χ1v) is 10.8. The first-order chi connectivity index (χ1) is 16.7. The zero-order valence-electron chi connectivity index (χ0n) is 18.2. The summed E-state index contributed by atoms with van der Waals surface area (Å²) in [6.45, 7) is 0. The van der Waals surface area contributed by atoms with Gasteiger partial charge in [0.15, 0.2) is 5.82 Å². The molecule has 0 aliphatic carbocycles. The van der Waals surface area contributed by atoms with E-state index in [0.717, 1.165) is 33.8 Å². The maximum absolute atomic E-state index is 11.2. The van der Waals surface area contributed by atoms with E-state index in [9.17, 15) is 10.1 Å². The van der Waals surface area contributed by atoms with Gasteiger partial charge in [0, 0.05) is 35.8 Å². The molecule has 0 aliphatic heterocycles. The van der Waals surface area contributed by atoms with Crippen molar-refractivity contribution in [3.63, 3.8) is 0 Å². The number of pyridine rings is 1. The van der Waals surface area contributed by atoms with Gasteiger partial charge in [0.1, 0.15) is 0 Å². The Labute approximate surface area is 196 Å². The van der Waals surface area contributed by atoms with E-state index in [2.05, 4.69) is 20.6 Å². The van der Waals surface area contributed by atoms with Crippen LogP contribution in [0.1, 0.15) is 5.56 Å². The van der Waals surface area contributed by atoms with Gasteiger partial charge >= 0.3 is 0 Å². The molecule has 0 fully saturated rings. The summed E-state index contributed by atoms with van der Waals surface area (Å²) in [4.78, 5) is 19.7. The van der Waals surface area contributed by atoms with Crippen molar-refractivity contribution in [2.75, 3.05) is 0 Å². The highest BCUT2D eigenvalue weighted by atomic mass is 16.6. The highest BCUT2D eigenvalue weighted by molar-refractivity contribution is 5.94. The predicted octanol–water partition coefficient (Wildman–Crippen LogP) is 6.87. The quantitative estimate of drug-likeness (QED) is 0.163. The van der Waals surface area contributed by atoms with Gasteiger partial charge in [-0.15, -0.1) is 0 Å². The molecule has 6 heteroatoms. The van der Waals surface area contributed by atoms with E-state index in [1.807, 2.05) is 85.1 Å². The molecule has 0 bridgehead atoms. The first-order valence-electron chi connectivity index (χ1n) is 10.8. The lowest BCUT2D eigenvalue weighted by atomic mass is 10.1. The Morgan fingerprint density at radius 2 is 1.44 bits per heavy atom. The molecule has 3 aromatic carbocycles. The summed E-state index contributed by atoms with van der Waals surface area (Å²) in [6, 6.07) is 34.4. The molecule has 6 nitrogen and oxygen atoms in total. The van der Waals surface area contributed by atoms with E-state index in [0.29, 0.717) is 5.82 Å². The number of rotatable bonds is 6. The van der Waals surface area contributed by atoms with E-state index in [1.165, 1.54) is 12.1 Å². The van der Waals surface area contributed by atoms with Crippen LogP contribution in [0.25, 0.3) is 28.2 Å². The van der Waals surface area contributed by atoms with Gasteiger partial charge in [-0.25, -0.2) is 9.98 Å². The number of benzene rings is 3. The fourth-order valence-electron chi connectivity index (χ4n) is 3.90. The molecule has 0 amide bonds. The van der Waals surface area contributed by atoms with Crippen LogP contribution >= 0.6 is 0 Å². The van der Waals surface area contributed by atoms with Crippen molar-refractivity contribution >= 4 is 17.7 Å². The van der Waals surface area contributed by atoms with Crippen LogP contribution in [0.5, 0.6) is 0 Å². The molecule has 0 saturated heterocycles. The van der Waals surface area contributed by atoms with Crippen LogP contribution in [0.15, 0.2) is 120 Å². The van der Waals surface area contributed by atoms with Crippen LogP contribution in [0, 0.1) is 10.1 Å². The second-order valence-corrected chi connectivity index (χ2v) is 7.62. The summed E-state index contributed by atoms with van der Waals surface area (Å²) in [7, 11) is 0. The predicted molar refractivity (Wildman–Crippen MR) is 135 cm³/mol. The molecule has 0 aliphatic rings. The van der Waals surface area contributed by atoms with E-state index < -0.39 is 0 Å². The van der Waals surface area contributed by atoms with Crippen molar-refractivity contribution in [1.82, 2.24) is 9.55 Å². The second kappa shape index (κ2) is 9.34. The SMILES string of the molecule is O=[N+]([O-])c1ccc(-n2c(-c3ccccc3)cc(C=Nc3ccccn3)c2-c2ccccc2)cc1. The summed E-state index contributed by atoms with van der Waals surface area (Å²) >= 11 is 0. The Hall–Kier alpha value is -4.84. The number of nitrogens with zero attached hydrogens (tertiary/aromatic N) is 4. The van der Waals surface area contributed by atoms with Gasteiger partial charge in [-0.05, 0) is 41.5 Å². The van der Waals surface area contributed by atoms with Crippen LogP contribution in [-0.2, 0) is 0 Å². The largest absolute Gasteiger partial charge is 0.309 e. The molecule has 5 rings (SSSR count). The van der Waals surface area contributed by atoms with Crippen LogP contribution in [0.4, 0.5) is 11.5 Å². The fourth-order valence-corrected chi connectivity index (χ4v) is 3.90. The lowest BCUT2D eigenvalue weighted by molar-refractivity contribution is -0.384. The zero-order chi connectivity index (χ0) is 23.3. The average molecular weight is 444 g/mol. The van der Waals surface area contributed by atoms with Crippen LogP contribution in [-0.4, -0.2) is 20.7 Å². The molecule has 164 valence electrons. The molecule has 0 saturated carbocycles. The van der Waals surface area contributed by atoms with Gasteiger partial charge in [0.25, 0.3) is 5.69 Å². The minimum Gasteiger partial charge on any atom is -0.309 e. The lowest BCUT2D eigenvalue weighted by Crippen LogP contribution is -2.01. The smallest absolute Gasteiger partial charge is 0.269 e. The topological polar surface area (TPSA) is 73.3 Å². The molecular weight excluding hydrogens is 424 g/mol. The van der Waals surface area contributed by atoms with Gasteiger partial charge in [-0.1, -0.05) is 66.7 Å². The molecule has 5 aromatic rings. The minimum atomic E-state index is -0.388. The Morgan fingerprint density at radius 3 is 2.06 bits per heavy atom. The van der Waals surface area contributed by atoms with Crippen molar-refractivity contribution in [2.45, 2.75) is 0 Å². The second-order valence-electron chi connectivity index (χ2n) is 7.62. The van der Waals surface area contributed by atoms with E-state index >= 15 is 0 Å². The van der Waals surface area contributed by atoms with E-state index in [4.69, 9.17) is 0 Å². The van der Waals surface area contributed by atoms with Crippen molar-refractivity contribution < 1.29 is 4.92 Å². The molecule has 0 spiro atoms. The minimum absolute atomic E-state index is 0.0513. The molecule has 0 atom stereocenters. The van der Waals surface area contributed by atoms with Gasteiger partial charge in [-0.3, -0.25) is 10.1 Å². The Bertz CT molecular complexity index is 1440. The lowest BCUT2D eigenvalue weighted by Gasteiger charge is -2.15. The third kappa shape index (κ3) is 4.25. The highest BCUT2D eigenvalue weighted by Gasteiger charge is 2.19. The van der Waals surface area contributed by atoms with Crippen LogP contribution in [0.3, 0.4) is 0 Å². The normalized spacial score (nSPS) is 11.1. The Kier molecular flexibility index (Phi) is 5.78. The molecular formula is C28H20N4O2. The Balaban J connectivity index is 1.77. The highest BCUT2D eigenvalue weighted by Crippen LogP contribution is 2.36. The summed E-state index contributed by atoms with van der Waals surface area (Å²) < 4.78 is 2.12.